The van der Waals surface area contributed by atoms with E-state index in [-0.39, 0.29) is 5.48 Å². The fraction of sp³-hybridized carbons (Fsp3) is 0.714. The highest BCUT2D eigenvalue weighted by atomic mass is 16.5. The average Bonchev–Trinajstić information content (AvgIpc) is 2.99. The molecule has 20 heavy (non-hydrogen) atoms. The summed E-state index contributed by atoms with van der Waals surface area (Å²) in [6, 6.07) is 0. The quantitative estimate of drug-likeness (QED) is 0.724. The van der Waals surface area contributed by atoms with Crippen LogP contribution in [-0.4, -0.2) is 29.2 Å². The molecular formula is C14H28N2O4. The van der Waals surface area contributed by atoms with Gasteiger partial charge in [0, 0.05) is 19.2 Å². The first-order valence-electron chi connectivity index (χ1n) is 6.82. The molecule has 6 heteroatoms. The van der Waals surface area contributed by atoms with Crippen molar-refractivity contribution in [3.05, 3.63) is 18.7 Å². The van der Waals surface area contributed by atoms with Crippen molar-refractivity contribution in [2.75, 3.05) is 13.2 Å². The Morgan fingerprint density at radius 2 is 1.95 bits per heavy atom. The van der Waals surface area contributed by atoms with Crippen LogP contribution in [0.15, 0.2) is 18.7 Å². The number of aliphatic carboxylic acids is 1. The monoisotopic (exact) mass is 288 g/mol. The smallest absolute Gasteiger partial charge is 0.243 e. The van der Waals surface area contributed by atoms with Crippen molar-refractivity contribution in [2.24, 2.45) is 7.05 Å². The maximum atomic E-state index is 8.89. The van der Waals surface area contributed by atoms with Crippen molar-refractivity contribution in [1.29, 1.82) is 0 Å². The molecule has 0 bridgehead atoms. The number of carbonyl (C=O) groups excluding carboxylic acids is 1. The van der Waals surface area contributed by atoms with E-state index in [2.05, 4.69) is 34.8 Å². The van der Waals surface area contributed by atoms with Gasteiger partial charge in [0.1, 0.15) is 12.4 Å². The number of carbonyl (C=O) groups is 1. The number of aromatic nitrogens is 2. The third-order valence-electron chi connectivity index (χ3n) is 2.42. The van der Waals surface area contributed by atoms with Gasteiger partial charge in [0.15, 0.2) is 0 Å². The minimum Gasteiger partial charge on any atom is -0.550 e. The lowest BCUT2D eigenvalue weighted by molar-refractivity contribution is -0.696. The maximum Gasteiger partial charge on any atom is 0.243 e. The number of nitrogens with zero attached hydrogens (tertiary/aromatic N) is 2. The number of carboxylic acids is 1. The second kappa shape index (κ2) is 14.0. The van der Waals surface area contributed by atoms with E-state index in [9.17, 15) is 0 Å². The van der Waals surface area contributed by atoms with E-state index in [0.717, 1.165) is 26.7 Å². The molecule has 6 nitrogen and oxygen atoms in total. The fourth-order valence-electron chi connectivity index (χ4n) is 1.48. The predicted octanol–water partition coefficient (Wildman–Crippen LogP) is -0.159. The summed E-state index contributed by atoms with van der Waals surface area (Å²) < 4.78 is 9.22. The van der Waals surface area contributed by atoms with Gasteiger partial charge in [-0.1, -0.05) is 13.3 Å². The molecule has 1 saturated heterocycles. The summed E-state index contributed by atoms with van der Waals surface area (Å²) in [7, 11) is 2.04. The van der Waals surface area contributed by atoms with Crippen LogP contribution >= 0.6 is 0 Å². The van der Waals surface area contributed by atoms with Crippen molar-refractivity contribution >= 4 is 5.97 Å². The van der Waals surface area contributed by atoms with E-state index in [0.29, 0.717) is 0 Å². The Bertz CT molecular complexity index is 324. The molecule has 0 saturated carbocycles. The van der Waals surface area contributed by atoms with Crippen LogP contribution in [0.4, 0.5) is 0 Å². The largest absolute Gasteiger partial charge is 0.550 e. The third kappa shape index (κ3) is 14.7. The van der Waals surface area contributed by atoms with E-state index >= 15 is 0 Å². The molecule has 1 aliphatic rings. The summed E-state index contributed by atoms with van der Waals surface area (Å²) in [5.41, 5.74) is 0. The highest BCUT2D eigenvalue weighted by Gasteiger charge is 1.96. The van der Waals surface area contributed by atoms with E-state index in [4.69, 9.17) is 14.6 Å². The number of ether oxygens (including phenoxy) is 1. The minimum absolute atomic E-state index is 0. The molecule has 0 unspecified atom stereocenters. The van der Waals surface area contributed by atoms with Crippen LogP contribution in [0.3, 0.4) is 0 Å². The van der Waals surface area contributed by atoms with E-state index in [1.807, 2.05) is 7.05 Å². The minimum atomic E-state index is -1.08. The summed E-state index contributed by atoms with van der Waals surface area (Å²) in [6.45, 7) is 6.33. The summed E-state index contributed by atoms with van der Waals surface area (Å²) >= 11 is 0. The molecule has 2 heterocycles. The van der Waals surface area contributed by atoms with Crippen molar-refractivity contribution in [3.8, 4) is 0 Å². The Morgan fingerprint density at radius 1 is 1.40 bits per heavy atom. The molecule has 0 aromatic carbocycles. The van der Waals surface area contributed by atoms with Gasteiger partial charge in [0.2, 0.25) is 6.33 Å². The number of unbranched alkanes of at least 4 members (excludes halogenated alkanes) is 1. The summed E-state index contributed by atoms with van der Waals surface area (Å²) in [4.78, 5) is 8.89. The molecule has 118 valence electrons. The zero-order valence-corrected chi connectivity index (χ0v) is 12.8. The first-order valence-corrected chi connectivity index (χ1v) is 6.82. The Balaban J connectivity index is 0. The molecule has 0 spiro atoms. The lowest BCUT2D eigenvalue weighted by atomic mass is 10.3. The van der Waals surface area contributed by atoms with Gasteiger partial charge in [0.25, 0.3) is 0 Å². The molecular weight excluding hydrogens is 260 g/mol. The molecule has 2 rings (SSSR count). The van der Waals surface area contributed by atoms with E-state index in [1.165, 1.54) is 25.7 Å². The first kappa shape index (κ1) is 20.9. The number of hydrogen-bond acceptors (Lipinski definition) is 3. The predicted molar refractivity (Wildman–Crippen MR) is 74.9 cm³/mol. The molecule has 0 atom stereocenters. The van der Waals surface area contributed by atoms with Crippen LogP contribution in [0.1, 0.15) is 39.5 Å². The highest BCUT2D eigenvalue weighted by Crippen LogP contribution is 1.98. The zero-order valence-electron chi connectivity index (χ0n) is 12.8. The Kier molecular flexibility index (Phi) is 14.7. The standard InChI is InChI=1S/C8H15N2.C4H8O.C2H4O2.H2O/c1-3-4-5-10-7-6-9(2)8-10;1-2-4-5-3-1;1-2(3)4;/h6-8H,3-5H2,1-2H3;1-4H2;1H3,(H,3,4);1H2/q+1;;;/p-1. The summed E-state index contributed by atoms with van der Waals surface area (Å²) in [5, 5.41) is 8.89. The highest BCUT2D eigenvalue weighted by molar-refractivity contribution is 5.60. The number of rotatable bonds is 3. The van der Waals surface area contributed by atoms with Crippen LogP contribution in [0.25, 0.3) is 0 Å². The topological polar surface area (TPSA) is 89.7 Å². The molecule has 0 aliphatic carbocycles. The molecule has 1 aliphatic heterocycles. The lowest BCUT2D eigenvalue weighted by Crippen LogP contribution is -2.30. The second-order valence-electron chi connectivity index (χ2n) is 4.48. The summed E-state index contributed by atoms with van der Waals surface area (Å²) in [6.07, 6.45) is 11.4. The van der Waals surface area contributed by atoms with Gasteiger partial charge < -0.3 is 20.1 Å². The Hall–Kier alpha value is -1.40. The number of carboxylic acid groups (broad SMARTS) is 1. The SMILES string of the molecule is C1CCOC1.CC(=O)[O-].CCCC[n+]1ccn(C)c1.O. The van der Waals surface area contributed by atoms with Gasteiger partial charge in [0.05, 0.1) is 13.6 Å². The number of hydrogen-bond donors (Lipinski definition) is 0. The van der Waals surface area contributed by atoms with Gasteiger partial charge in [-0.15, -0.1) is 0 Å². The number of imidazole rings is 1. The van der Waals surface area contributed by atoms with Crippen molar-refractivity contribution in [3.63, 3.8) is 0 Å². The van der Waals surface area contributed by atoms with E-state index < -0.39 is 5.97 Å². The summed E-state index contributed by atoms with van der Waals surface area (Å²) in [5.74, 6) is -1.08. The van der Waals surface area contributed by atoms with Crippen molar-refractivity contribution < 1.29 is 24.7 Å². The van der Waals surface area contributed by atoms with E-state index in [1.54, 1.807) is 0 Å². The lowest BCUT2D eigenvalue weighted by Gasteiger charge is -1.90. The fourth-order valence-corrected chi connectivity index (χ4v) is 1.48. The molecule has 0 amide bonds. The van der Waals surface area contributed by atoms with Gasteiger partial charge in [-0.3, -0.25) is 0 Å². The molecule has 1 fully saturated rings. The van der Waals surface area contributed by atoms with Gasteiger partial charge >= 0.3 is 0 Å². The Morgan fingerprint density at radius 3 is 2.25 bits per heavy atom. The Labute approximate surface area is 121 Å². The first-order chi connectivity index (χ1) is 9.06. The van der Waals surface area contributed by atoms with Crippen molar-refractivity contribution in [1.82, 2.24) is 4.57 Å². The average molecular weight is 288 g/mol. The molecule has 0 radical (unpaired) electrons. The van der Waals surface area contributed by atoms with Crippen LogP contribution in [0.2, 0.25) is 0 Å². The van der Waals surface area contributed by atoms with Crippen LogP contribution < -0.4 is 9.67 Å². The van der Waals surface area contributed by atoms with Gasteiger partial charge in [-0.05, 0) is 26.2 Å². The second-order valence-corrected chi connectivity index (χ2v) is 4.48. The zero-order chi connectivity index (χ0) is 14.5. The molecule has 2 N–H and O–H groups in total. The van der Waals surface area contributed by atoms with Gasteiger partial charge in [-0.25, -0.2) is 9.13 Å². The normalized spacial score (nSPS) is 12.3. The maximum absolute atomic E-state index is 8.89. The molecule has 1 aromatic rings. The van der Waals surface area contributed by atoms with Crippen LogP contribution in [0.5, 0.6) is 0 Å². The third-order valence-corrected chi connectivity index (χ3v) is 2.42. The van der Waals surface area contributed by atoms with Crippen LogP contribution in [0, 0.1) is 0 Å². The number of aryl methyl sites for hydroxylation is 2. The van der Waals surface area contributed by atoms with Crippen molar-refractivity contribution in [2.45, 2.75) is 46.1 Å². The van der Waals surface area contributed by atoms with Gasteiger partial charge in [-0.2, -0.15) is 0 Å². The molecule has 1 aromatic heterocycles. The van der Waals surface area contributed by atoms with Crippen LogP contribution in [-0.2, 0) is 23.1 Å².